The van der Waals surface area contributed by atoms with E-state index in [1.54, 1.807) is 0 Å². The lowest BCUT2D eigenvalue weighted by Crippen LogP contribution is -2.01. The first-order valence-electron chi connectivity index (χ1n) is 6.29. The maximum atomic E-state index is 11.8. The predicted octanol–water partition coefficient (Wildman–Crippen LogP) is 3.14. The average molecular weight is 319 g/mol. The molecular formula is C14H13N3O2S2. The van der Waals surface area contributed by atoms with Crippen molar-refractivity contribution in [2.75, 3.05) is 5.73 Å². The first-order chi connectivity index (χ1) is 10.0. The van der Waals surface area contributed by atoms with E-state index in [0.29, 0.717) is 16.5 Å². The molecule has 3 rings (SSSR count). The first-order valence-corrected chi connectivity index (χ1v) is 8.09. The van der Waals surface area contributed by atoms with Gasteiger partial charge in [-0.3, -0.25) is 0 Å². The number of anilines is 1. The minimum Gasteiger partial charge on any atom is -0.422 e. The molecule has 1 aromatic carbocycles. The number of benzene rings is 1. The standard InChI is InChI=1S/C14H13N3O2S2/c1-7-3-4-10-9(5-11(18)19-12(10)8(7)2)6-20-14-17-16-13(15)21-14/h3-5H,6H2,1-2H3,(H2,15,16). The molecule has 21 heavy (non-hydrogen) atoms. The molecular weight excluding hydrogens is 306 g/mol. The molecule has 0 atom stereocenters. The van der Waals surface area contributed by atoms with Crippen LogP contribution in [0.1, 0.15) is 16.7 Å². The molecule has 0 unspecified atom stereocenters. The monoisotopic (exact) mass is 319 g/mol. The third-order valence-electron chi connectivity index (χ3n) is 3.29. The smallest absolute Gasteiger partial charge is 0.336 e. The van der Waals surface area contributed by atoms with Gasteiger partial charge in [-0.1, -0.05) is 35.2 Å². The van der Waals surface area contributed by atoms with Gasteiger partial charge in [0.1, 0.15) is 5.58 Å². The quantitative estimate of drug-likeness (QED) is 0.590. The lowest BCUT2D eigenvalue weighted by atomic mass is 10.0. The Bertz CT molecular complexity index is 870. The summed E-state index contributed by atoms with van der Waals surface area (Å²) in [6.07, 6.45) is 0. The van der Waals surface area contributed by atoms with E-state index >= 15 is 0 Å². The van der Waals surface area contributed by atoms with Gasteiger partial charge < -0.3 is 10.2 Å². The maximum absolute atomic E-state index is 11.8. The number of nitrogens with two attached hydrogens (primary N) is 1. The van der Waals surface area contributed by atoms with E-state index in [0.717, 1.165) is 26.4 Å². The van der Waals surface area contributed by atoms with Crippen molar-refractivity contribution in [2.24, 2.45) is 0 Å². The van der Waals surface area contributed by atoms with Gasteiger partial charge in [0.2, 0.25) is 5.13 Å². The van der Waals surface area contributed by atoms with Gasteiger partial charge in [-0.25, -0.2) is 4.79 Å². The molecule has 2 aromatic heterocycles. The molecule has 5 nitrogen and oxygen atoms in total. The summed E-state index contributed by atoms with van der Waals surface area (Å²) >= 11 is 2.85. The number of aryl methyl sites for hydroxylation is 2. The lowest BCUT2D eigenvalue weighted by molar-refractivity contribution is 0.557. The summed E-state index contributed by atoms with van der Waals surface area (Å²) < 4.78 is 6.15. The molecule has 0 aliphatic heterocycles. The highest BCUT2D eigenvalue weighted by Gasteiger charge is 2.11. The number of nitrogen functional groups attached to an aromatic ring is 1. The molecule has 0 aliphatic rings. The zero-order chi connectivity index (χ0) is 15.0. The Morgan fingerprint density at radius 2 is 2.14 bits per heavy atom. The van der Waals surface area contributed by atoms with Crippen LogP contribution in [0, 0.1) is 13.8 Å². The summed E-state index contributed by atoms with van der Waals surface area (Å²) in [5.74, 6) is 0.624. The second kappa shape index (κ2) is 5.50. The largest absolute Gasteiger partial charge is 0.422 e. The number of fused-ring (bicyclic) bond motifs is 1. The van der Waals surface area contributed by atoms with Crippen LogP contribution < -0.4 is 11.4 Å². The highest BCUT2D eigenvalue weighted by molar-refractivity contribution is 8.00. The number of nitrogens with zero attached hydrogens (tertiary/aromatic N) is 2. The van der Waals surface area contributed by atoms with Gasteiger partial charge in [-0.05, 0) is 30.5 Å². The van der Waals surface area contributed by atoms with Crippen molar-refractivity contribution in [3.63, 3.8) is 0 Å². The molecule has 7 heteroatoms. The van der Waals surface area contributed by atoms with E-state index in [1.165, 1.54) is 29.2 Å². The van der Waals surface area contributed by atoms with E-state index in [9.17, 15) is 4.79 Å². The SMILES string of the molecule is Cc1ccc2c(CSc3nnc(N)s3)cc(=O)oc2c1C. The van der Waals surface area contributed by atoms with Gasteiger partial charge in [0, 0.05) is 17.2 Å². The van der Waals surface area contributed by atoms with Crippen LogP contribution in [0.25, 0.3) is 11.0 Å². The van der Waals surface area contributed by atoms with Gasteiger partial charge in [-0.2, -0.15) is 0 Å². The topological polar surface area (TPSA) is 82.0 Å². The van der Waals surface area contributed by atoms with Crippen LogP contribution in [-0.4, -0.2) is 10.2 Å². The van der Waals surface area contributed by atoms with Gasteiger partial charge in [0.25, 0.3) is 0 Å². The maximum Gasteiger partial charge on any atom is 0.336 e. The van der Waals surface area contributed by atoms with Crippen LogP contribution in [0.4, 0.5) is 5.13 Å². The summed E-state index contributed by atoms with van der Waals surface area (Å²) in [5, 5.41) is 9.16. The van der Waals surface area contributed by atoms with Gasteiger partial charge >= 0.3 is 5.63 Å². The molecule has 2 N–H and O–H groups in total. The normalized spacial score (nSPS) is 11.1. The third kappa shape index (κ3) is 2.79. The molecule has 0 bridgehead atoms. The van der Waals surface area contributed by atoms with Crippen molar-refractivity contribution < 1.29 is 4.42 Å². The summed E-state index contributed by atoms with van der Waals surface area (Å²) in [6.45, 7) is 3.96. The summed E-state index contributed by atoms with van der Waals surface area (Å²) in [4.78, 5) is 11.8. The number of thioether (sulfide) groups is 1. The fourth-order valence-electron chi connectivity index (χ4n) is 2.06. The van der Waals surface area contributed by atoms with Crippen molar-refractivity contribution in [2.45, 2.75) is 23.9 Å². The molecule has 3 aromatic rings. The van der Waals surface area contributed by atoms with E-state index in [-0.39, 0.29) is 5.63 Å². The molecule has 2 heterocycles. The molecule has 108 valence electrons. The second-order valence-electron chi connectivity index (χ2n) is 4.67. The van der Waals surface area contributed by atoms with Gasteiger partial charge in [0.15, 0.2) is 4.34 Å². The minimum atomic E-state index is -0.330. The van der Waals surface area contributed by atoms with E-state index in [2.05, 4.69) is 10.2 Å². The van der Waals surface area contributed by atoms with Crippen molar-refractivity contribution in [1.29, 1.82) is 0 Å². The molecule has 0 amide bonds. The molecule has 0 aliphatic carbocycles. The first kappa shape index (κ1) is 14.1. The van der Waals surface area contributed by atoms with Crippen LogP contribution >= 0.6 is 23.1 Å². The zero-order valence-electron chi connectivity index (χ0n) is 11.5. The minimum absolute atomic E-state index is 0.330. The van der Waals surface area contributed by atoms with Crippen LogP contribution in [0.2, 0.25) is 0 Å². The Morgan fingerprint density at radius 3 is 2.86 bits per heavy atom. The van der Waals surface area contributed by atoms with Crippen LogP contribution in [0.15, 0.2) is 31.8 Å². The highest BCUT2D eigenvalue weighted by atomic mass is 32.2. The fourth-order valence-corrected chi connectivity index (χ4v) is 3.69. The summed E-state index contributed by atoms with van der Waals surface area (Å²) in [6, 6.07) is 5.56. The second-order valence-corrected chi connectivity index (χ2v) is 6.90. The Balaban J connectivity index is 2.01. The Labute approximate surface area is 129 Å². The lowest BCUT2D eigenvalue weighted by Gasteiger charge is -2.08. The number of aromatic nitrogens is 2. The van der Waals surface area contributed by atoms with Crippen molar-refractivity contribution >= 4 is 39.2 Å². The van der Waals surface area contributed by atoms with Crippen molar-refractivity contribution in [3.8, 4) is 0 Å². The summed E-state index contributed by atoms with van der Waals surface area (Å²) in [7, 11) is 0. The van der Waals surface area contributed by atoms with Crippen LogP contribution in [0.5, 0.6) is 0 Å². The summed E-state index contributed by atoms with van der Waals surface area (Å²) in [5.41, 5.74) is 8.93. The highest BCUT2D eigenvalue weighted by Crippen LogP contribution is 2.30. The van der Waals surface area contributed by atoms with E-state index < -0.39 is 0 Å². The van der Waals surface area contributed by atoms with Crippen LogP contribution in [-0.2, 0) is 5.75 Å². The van der Waals surface area contributed by atoms with E-state index in [4.69, 9.17) is 10.2 Å². The molecule has 0 spiro atoms. The zero-order valence-corrected chi connectivity index (χ0v) is 13.2. The average Bonchev–Trinajstić information content (AvgIpc) is 2.86. The number of rotatable bonds is 3. The molecule has 0 saturated carbocycles. The van der Waals surface area contributed by atoms with Crippen molar-refractivity contribution in [1.82, 2.24) is 10.2 Å². The Morgan fingerprint density at radius 1 is 1.33 bits per heavy atom. The molecule has 0 saturated heterocycles. The number of hydrogen-bond donors (Lipinski definition) is 1. The molecule has 0 radical (unpaired) electrons. The van der Waals surface area contributed by atoms with Gasteiger partial charge in [0.05, 0.1) is 0 Å². The predicted molar refractivity (Wildman–Crippen MR) is 85.8 cm³/mol. The fraction of sp³-hybridized carbons (Fsp3) is 0.214. The third-order valence-corrected chi connectivity index (χ3v) is 5.23. The number of hydrogen-bond acceptors (Lipinski definition) is 7. The Hall–Kier alpha value is -1.86. The van der Waals surface area contributed by atoms with E-state index in [1.807, 2.05) is 26.0 Å². The molecule has 0 fully saturated rings. The van der Waals surface area contributed by atoms with Crippen LogP contribution in [0.3, 0.4) is 0 Å². The van der Waals surface area contributed by atoms with Crippen molar-refractivity contribution in [3.05, 3.63) is 45.3 Å². The Kier molecular flexibility index (Phi) is 3.69. The van der Waals surface area contributed by atoms with Gasteiger partial charge in [-0.15, -0.1) is 10.2 Å².